The Labute approximate surface area is 312 Å². The second kappa shape index (κ2) is 12.3. The zero-order valence-electron chi connectivity index (χ0n) is 29.5. The zero-order valence-corrected chi connectivity index (χ0v) is 29.5. The van der Waals surface area contributed by atoms with Crippen LogP contribution in [0.25, 0.3) is 82.1 Å². The molecule has 11 rings (SSSR count). The first kappa shape index (κ1) is 30.5. The van der Waals surface area contributed by atoms with Gasteiger partial charge in [-0.15, -0.1) is 0 Å². The van der Waals surface area contributed by atoms with Crippen molar-refractivity contribution in [1.29, 1.82) is 0 Å². The molecule has 9 aromatic carbocycles. The van der Waals surface area contributed by atoms with Gasteiger partial charge in [0.15, 0.2) is 0 Å². The molecule has 0 aliphatic carbocycles. The fourth-order valence-corrected chi connectivity index (χ4v) is 8.62. The Morgan fingerprint density at radius 1 is 0.463 bits per heavy atom. The van der Waals surface area contributed by atoms with E-state index >= 15 is 0 Å². The molecule has 2 aromatic heterocycles. The monoisotopic (exact) mass is 690 g/mol. The quantitative estimate of drug-likeness (QED) is 0.162. The number of rotatable bonds is 6. The molecule has 0 saturated heterocycles. The molecule has 0 saturated carbocycles. The molecule has 0 fully saturated rings. The van der Waals surface area contributed by atoms with Gasteiger partial charge in [-0.25, -0.2) is 0 Å². The van der Waals surface area contributed by atoms with Crippen molar-refractivity contribution in [2.75, 3.05) is 4.90 Å². The summed E-state index contributed by atoms with van der Waals surface area (Å²) >= 11 is 0. The molecule has 2 heterocycles. The number of hydrogen-bond donors (Lipinski definition) is 0. The predicted octanol–water partition coefficient (Wildman–Crippen LogP) is 14.0. The minimum Gasteiger partial charge on any atom is -0.455 e. The van der Waals surface area contributed by atoms with Crippen molar-refractivity contribution >= 4 is 76.7 Å². The van der Waals surface area contributed by atoms with Crippen LogP contribution in [0.3, 0.4) is 0 Å². The largest absolute Gasteiger partial charge is 0.455 e. The number of aromatic nitrogens is 1. The van der Waals surface area contributed by atoms with Crippen molar-refractivity contribution in [2.45, 2.75) is 6.54 Å². The summed E-state index contributed by atoms with van der Waals surface area (Å²) in [6.07, 6.45) is 0. The molecule has 0 aliphatic rings. The highest BCUT2D eigenvalue weighted by molar-refractivity contribution is 6.17. The summed E-state index contributed by atoms with van der Waals surface area (Å²) < 4.78 is 9.17. The molecule has 0 bridgehead atoms. The molecular formula is C51H34N2O. The van der Waals surface area contributed by atoms with Gasteiger partial charge in [-0.3, -0.25) is 0 Å². The molecule has 3 nitrogen and oxygen atoms in total. The second-order valence-corrected chi connectivity index (χ2v) is 14.1. The van der Waals surface area contributed by atoms with Gasteiger partial charge in [0.25, 0.3) is 0 Å². The van der Waals surface area contributed by atoms with E-state index in [2.05, 4.69) is 204 Å². The SMILES string of the molecule is c1ccc(-c2ccc(N(Cc3cccc4ccc5ccccc5c34)c3ccc4c(c3)c3ccccc3n4-c3ccccc3)c3c2oc2ccccc23)cc1. The third-order valence-electron chi connectivity index (χ3n) is 11.0. The van der Waals surface area contributed by atoms with Crippen LogP contribution in [0.5, 0.6) is 0 Å². The van der Waals surface area contributed by atoms with Crippen molar-refractivity contribution in [3.05, 3.63) is 200 Å². The van der Waals surface area contributed by atoms with Gasteiger partial charge >= 0.3 is 0 Å². The maximum Gasteiger partial charge on any atom is 0.145 e. The predicted molar refractivity (Wildman–Crippen MR) is 227 cm³/mol. The smallest absolute Gasteiger partial charge is 0.145 e. The van der Waals surface area contributed by atoms with Crippen LogP contribution in [0.15, 0.2) is 199 Å². The van der Waals surface area contributed by atoms with E-state index in [0.717, 1.165) is 50.1 Å². The van der Waals surface area contributed by atoms with E-state index in [-0.39, 0.29) is 0 Å². The highest BCUT2D eigenvalue weighted by Crippen LogP contribution is 2.45. The number of nitrogens with zero attached hydrogens (tertiary/aromatic N) is 2. The Morgan fingerprint density at radius 2 is 1.15 bits per heavy atom. The van der Waals surface area contributed by atoms with Crippen molar-refractivity contribution < 1.29 is 4.42 Å². The Hall–Kier alpha value is -7.10. The van der Waals surface area contributed by atoms with Crippen molar-refractivity contribution in [1.82, 2.24) is 4.57 Å². The zero-order chi connectivity index (χ0) is 35.6. The number of para-hydroxylation sites is 3. The number of anilines is 2. The summed E-state index contributed by atoms with van der Waals surface area (Å²) in [5.74, 6) is 0. The average molecular weight is 691 g/mol. The Balaban J connectivity index is 1.21. The lowest BCUT2D eigenvalue weighted by atomic mass is 9.96. The molecule has 254 valence electrons. The first-order valence-electron chi connectivity index (χ1n) is 18.6. The van der Waals surface area contributed by atoms with E-state index in [1.54, 1.807) is 0 Å². The Morgan fingerprint density at radius 3 is 2.02 bits per heavy atom. The van der Waals surface area contributed by atoms with E-state index in [1.165, 1.54) is 48.9 Å². The molecule has 0 aliphatic heterocycles. The fourth-order valence-electron chi connectivity index (χ4n) is 8.62. The normalized spacial score (nSPS) is 11.8. The molecule has 0 unspecified atom stereocenters. The Kier molecular flexibility index (Phi) is 6.93. The van der Waals surface area contributed by atoms with Gasteiger partial charge in [-0.05, 0) is 87.3 Å². The molecule has 0 atom stereocenters. The summed E-state index contributed by atoms with van der Waals surface area (Å²) in [5.41, 5.74) is 11.0. The molecule has 0 N–H and O–H groups in total. The van der Waals surface area contributed by atoms with Crippen LogP contribution in [0.4, 0.5) is 11.4 Å². The van der Waals surface area contributed by atoms with E-state index in [4.69, 9.17) is 4.42 Å². The van der Waals surface area contributed by atoms with Gasteiger partial charge in [0, 0.05) is 39.6 Å². The highest BCUT2D eigenvalue weighted by Gasteiger charge is 2.23. The van der Waals surface area contributed by atoms with Gasteiger partial charge in [0.2, 0.25) is 0 Å². The third-order valence-corrected chi connectivity index (χ3v) is 11.0. The first-order valence-corrected chi connectivity index (χ1v) is 18.6. The van der Waals surface area contributed by atoms with Gasteiger partial charge < -0.3 is 13.9 Å². The van der Waals surface area contributed by atoms with Gasteiger partial charge in [-0.1, -0.05) is 140 Å². The van der Waals surface area contributed by atoms with Gasteiger partial charge in [0.1, 0.15) is 11.2 Å². The average Bonchev–Trinajstić information content (AvgIpc) is 3.79. The molecule has 0 amide bonds. The van der Waals surface area contributed by atoms with Crippen LogP contribution in [0.2, 0.25) is 0 Å². The molecule has 11 aromatic rings. The lowest BCUT2D eigenvalue weighted by Crippen LogP contribution is -2.17. The van der Waals surface area contributed by atoms with E-state index in [1.807, 2.05) is 0 Å². The standard InChI is InChI=1S/C51H34N2O/c1-3-14-34(15-4-1)41-29-31-47(50-43-23-10-12-25-48(43)54-51(41)50)52(33-37-18-13-17-36-27-26-35-16-7-8-21-40(35)49(36)37)39-28-30-46-44(32-39)42-22-9-11-24-45(42)53(46)38-19-5-2-6-20-38/h1-32H,33H2. The Bertz CT molecular complexity index is 3190. The van der Waals surface area contributed by atoms with Crippen LogP contribution < -0.4 is 4.90 Å². The maximum atomic E-state index is 6.79. The summed E-state index contributed by atoms with van der Waals surface area (Å²) in [6.45, 7) is 0.660. The first-order chi connectivity index (χ1) is 26.8. The fraction of sp³-hybridized carbons (Fsp3) is 0.0196. The molecule has 3 heteroatoms. The lowest BCUT2D eigenvalue weighted by Gasteiger charge is -2.28. The third kappa shape index (κ3) is 4.76. The van der Waals surface area contributed by atoms with E-state index in [0.29, 0.717) is 6.54 Å². The summed E-state index contributed by atoms with van der Waals surface area (Å²) in [7, 11) is 0. The second-order valence-electron chi connectivity index (χ2n) is 14.1. The lowest BCUT2D eigenvalue weighted by molar-refractivity contribution is 0.670. The number of benzene rings is 9. The minimum atomic E-state index is 0.660. The number of furan rings is 1. The topological polar surface area (TPSA) is 21.3 Å². The van der Waals surface area contributed by atoms with Gasteiger partial charge in [0.05, 0.1) is 22.1 Å². The van der Waals surface area contributed by atoms with Crippen molar-refractivity contribution in [3.8, 4) is 16.8 Å². The van der Waals surface area contributed by atoms with E-state index < -0.39 is 0 Å². The van der Waals surface area contributed by atoms with Crippen LogP contribution >= 0.6 is 0 Å². The number of hydrogen-bond acceptors (Lipinski definition) is 2. The molecule has 54 heavy (non-hydrogen) atoms. The summed E-state index contributed by atoms with van der Waals surface area (Å²) in [5, 5.41) is 9.71. The summed E-state index contributed by atoms with van der Waals surface area (Å²) in [4.78, 5) is 2.50. The van der Waals surface area contributed by atoms with Crippen LogP contribution in [-0.2, 0) is 6.54 Å². The van der Waals surface area contributed by atoms with Crippen LogP contribution in [0, 0.1) is 0 Å². The van der Waals surface area contributed by atoms with Crippen molar-refractivity contribution in [3.63, 3.8) is 0 Å². The maximum absolute atomic E-state index is 6.79. The van der Waals surface area contributed by atoms with Gasteiger partial charge in [-0.2, -0.15) is 0 Å². The van der Waals surface area contributed by atoms with Crippen LogP contribution in [0.1, 0.15) is 5.56 Å². The minimum absolute atomic E-state index is 0.660. The highest BCUT2D eigenvalue weighted by atomic mass is 16.3. The molecular weight excluding hydrogens is 657 g/mol. The summed E-state index contributed by atoms with van der Waals surface area (Å²) in [6, 6.07) is 69.9. The molecule has 0 radical (unpaired) electrons. The number of fused-ring (bicyclic) bond motifs is 9. The molecule has 0 spiro atoms. The van der Waals surface area contributed by atoms with Crippen molar-refractivity contribution in [2.24, 2.45) is 0 Å². The van der Waals surface area contributed by atoms with E-state index in [9.17, 15) is 0 Å². The van der Waals surface area contributed by atoms with Crippen LogP contribution in [-0.4, -0.2) is 4.57 Å².